The van der Waals surface area contributed by atoms with Crippen LogP contribution in [0.2, 0.25) is 5.02 Å². The van der Waals surface area contributed by atoms with E-state index in [1.165, 1.54) is 6.07 Å². The first-order valence-electron chi connectivity index (χ1n) is 5.70. The molecule has 1 nitrogen and oxygen atoms in total. The number of hydrogen-bond acceptors (Lipinski definition) is 1. The van der Waals surface area contributed by atoms with Crippen molar-refractivity contribution in [1.29, 1.82) is 0 Å². The molecule has 0 heterocycles. The van der Waals surface area contributed by atoms with E-state index in [1.54, 1.807) is 7.05 Å². The molecule has 0 amide bonds. The van der Waals surface area contributed by atoms with E-state index in [1.807, 2.05) is 0 Å². The Morgan fingerprint density at radius 1 is 1.12 bits per heavy atom. The van der Waals surface area contributed by atoms with Gasteiger partial charge in [-0.1, -0.05) is 32.4 Å². The van der Waals surface area contributed by atoms with E-state index in [0.29, 0.717) is 11.5 Å². The van der Waals surface area contributed by atoms with Crippen LogP contribution in [0.3, 0.4) is 0 Å². The average Bonchev–Trinajstić information content (AvgIpc) is 2.25. The minimum atomic E-state index is -0.911. The van der Waals surface area contributed by atoms with Gasteiger partial charge in [0.05, 0.1) is 0 Å². The second kappa shape index (κ2) is 5.78. The Morgan fingerprint density at radius 3 is 2.12 bits per heavy atom. The maximum absolute atomic E-state index is 13.3. The maximum Gasteiger partial charge on any atom is 0.160 e. The predicted molar refractivity (Wildman–Crippen MR) is 67.2 cm³/mol. The highest BCUT2D eigenvalue weighted by atomic mass is 35.5. The van der Waals surface area contributed by atoms with E-state index in [-0.39, 0.29) is 17.0 Å². The van der Waals surface area contributed by atoms with Crippen molar-refractivity contribution < 1.29 is 8.78 Å². The summed E-state index contributed by atoms with van der Waals surface area (Å²) in [5.41, 5.74) is 0.606. The van der Waals surface area contributed by atoms with Crippen LogP contribution in [0.5, 0.6) is 0 Å². The smallest absolute Gasteiger partial charge is 0.160 e. The van der Waals surface area contributed by atoms with Crippen LogP contribution in [0.1, 0.15) is 32.4 Å². The molecule has 1 N–H and O–H groups in total. The summed E-state index contributed by atoms with van der Waals surface area (Å²) in [6.45, 7) is 6.23. The highest BCUT2D eigenvalue weighted by molar-refractivity contribution is 6.31. The summed E-state index contributed by atoms with van der Waals surface area (Å²) < 4.78 is 26.3. The molecule has 0 saturated heterocycles. The van der Waals surface area contributed by atoms with Gasteiger partial charge in [-0.15, -0.1) is 0 Å². The van der Waals surface area contributed by atoms with Gasteiger partial charge in [0.15, 0.2) is 11.6 Å². The van der Waals surface area contributed by atoms with Crippen LogP contribution in [0, 0.1) is 23.5 Å². The molecule has 0 aliphatic carbocycles. The molecule has 0 aliphatic heterocycles. The van der Waals surface area contributed by atoms with Gasteiger partial charge in [0.2, 0.25) is 0 Å². The molecule has 1 rings (SSSR count). The number of hydrogen-bond donors (Lipinski definition) is 1. The third kappa shape index (κ3) is 3.17. The van der Waals surface area contributed by atoms with Gasteiger partial charge >= 0.3 is 0 Å². The molecule has 0 fully saturated rings. The Hall–Kier alpha value is -0.670. The van der Waals surface area contributed by atoms with E-state index in [9.17, 15) is 8.78 Å². The number of benzene rings is 1. The van der Waals surface area contributed by atoms with Crippen molar-refractivity contribution in [2.45, 2.75) is 26.8 Å². The summed E-state index contributed by atoms with van der Waals surface area (Å²) in [6, 6.07) is 2.12. The number of rotatable bonds is 4. The standard InChI is InChI=1S/C13H18ClF2N/c1-7(2)8(3)13(17-4)9-5-11(15)12(16)6-10(9)14/h5-8,13,17H,1-4H3. The molecule has 0 spiro atoms. The van der Waals surface area contributed by atoms with Gasteiger partial charge in [0.1, 0.15) is 0 Å². The lowest BCUT2D eigenvalue weighted by molar-refractivity contribution is 0.316. The van der Waals surface area contributed by atoms with Crippen LogP contribution in [0.25, 0.3) is 0 Å². The van der Waals surface area contributed by atoms with Gasteiger partial charge in [-0.05, 0) is 36.6 Å². The lowest BCUT2D eigenvalue weighted by Gasteiger charge is -2.27. The molecule has 2 unspecified atom stereocenters. The fourth-order valence-corrected chi connectivity index (χ4v) is 2.13. The lowest BCUT2D eigenvalue weighted by Crippen LogP contribution is -2.27. The fraction of sp³-hybridized carbons (Fsp3) is 0.538. The van der Waals surface area contributed by atoms with Crippen molar-refractivity contribution >= 4 is 11.6 Å². The van der Waals surface area contributed by atoms with Gasteiger partial charge in [-0.25, -0.2) is 8.78 Å². The minimum Gasteiger partial charge on any atom is -0.313 e. The molecule has 4 heteroatoms. The van der Waals surface area contributed by atoms with Gasteiger partial charge < -0.3 is 5.32 Å². The number of nitrogens with one attached hydrogen (secondary N) is 1. The van der Waals surface area contributed by atoms with Gasteiger partial charge in [-0.2, -0.15) is 0 Å². The summed E-state index contributed by atoms with van der Waals surface area (Å²) in [6.07, 6.45) is 0. The van der Waals surface area contributed by atoms with Crippen molar-refractivity contribution in [2.24, 2.45) is 11.8 Å². The summed E-state index contributed by atoms with van der Waals surface area (Å²) in [5.74, 6) is -1.09. The van der Waals surface area contributed by atoms with Crippen molar-refractivity contribution in [3.63, 3.8) is 0 Å². The first-order chi connectivity index (χ1) is 7.88. The molecule has 0 aromatic heterocycles. The van der Waals surface area contributed by atoms with Gasteiger partial charge in [0, 0.05) is 11.1 Å². The highest BCUT2D eigenvalue weighted by Crippen LogP contribution is 2.33. The first kappa shape index (κ1) is 14.4. The maximum atomic E-state index is 13.3. The zero-order chi connectivity index (χ0) is 13.2. The molecule has 0 saturated carbocycles. The lowest BCUT2D eigenvalue weighted by atomic mass is 9.86. The van der Waals surface area contributed by atoms with Gasteiger partial charge in [0.25, 0.3) is 0 Å². The van der Waals surface area contributed by atoms with Gasteiger partial charge in [-0.3, -0.25) is 0 Å². The van der Waals surface area contributed by atoms with Crippen molar-refractivity contribution in [3.05, 3.63) is 34.4 Å². The van der Waals surface area contributed by atoms with Crippen LogP contribution in [-0.2, 0) is 0 Å². The zero-order valence-corrected chi connectivity index (χ0v) is 11.3. The van der Waals surface area contributed by atoms with Crippen molar-refractivity contribution in [1.82, 2.24) is 5.32 Å². The molecule has 0 bridgehead atoms. The molecule has 17 heavy (non-hydrogen) atoms. The van der Waals surface area contributed by atoms with E-state index < -0.39 is 11.6 Å². The highest BCUT2D eigenvalue weighted by Gasteiger charge is 2.23. The monoisotopic (exact) mass is 261 g/mol. The van der Waals surface area contributed by atoms with Crippen LogP contribution < -0.4 is 5.32 Å². The summed E-state index contributed by atoms with van der Waals surface area (Å²) in [4.78, 5) is 0. The zero-order valence-electron chi connectivity index (χ0n) is 10.5. The Bertz CT molecular complexity index is 393. The van der Waals surface area contributed by atoms with E-state index >= 15 is 0 Å². The van der Waals surface area contributed by atoms with Crippen LogP contribution in [0.15, 0.2) is 12.1 Å². The molecule has 0 radical (unpaired) electrons. The summed E-state index contributed by atoms with van der Waals surface area (Å²) >= 11 is 5.98. The quantitative estimate of drug-likeness (QED) is 0.802. The van der Waals surface area contributed by atoms with Crippen LogP contribution in [-0.4, -0.2) is 7.05 Å². The topological polar surface area (TPSA) is 12.0 Å². The predicted octanol–water partition coefficient (Wildman–Crippen LogP) is 4.17. The fourth-order valence-electron chi connectivity index (χ4n) is 1.86. The molecule has 1 aromatic carbocycles. The minimum absolute atomic E-state index is 0.0856. The molecule has 1 aromatic rings. The van der Waals surface area contributed by atoms with E-state index in [0.717, 1.165) is 6.07 Å². The third-order valence-electron chi connectivity index (χ3n) is 3.26. The molecule has 0 aliphatic rings. The SMILES string of the molecule is CNC(c1cc(F)c(F)cc1Cl)C(C)C(C)C. The average molecular weight is 262 g/mol. The molecule has 2 atom stereocenters. The third-order valence-corrected chi connectivity index (χ3v) is 3.59. The molecular weight excluding hydrogens is 244 g/mol. The van der Waals surface area contributed by atoms with E-state index in [2.05, 4.69) is 26.1 Å². The van der Waals surface area contributed by atoms with Crippen LogP contribution >= 0.6 is 11.6 Å². The molecular formula is C13H18ClF2N. The normalized spacial score (nSPS) is 15.1. The van der Waals surface area contributed by atoms with Crippen LogP contribution in [0.4, 0.5) is 8.78 Å². The van der Waals surface area contributed by atoms with Crippen molar-refractivity contribution in [3.8, 4) is 0 Å². The largest absolute Gasteiger partial charge is 0.313 e. The molecule has 96 valence electrons. The van der Waals surface area contributed by atoms with E-state index in [4.69, 9.17) is 11.6 Å². The summed E-state index contributed by atoms with van der Waals surface area (Å²) in [7, 11) is 1.79. The second-order valence-corrected chi connectivity index (χ2v) is 5.06. The second-order valence-electron chi connectivity index (χ2n) is 4.66. The number of halogens is 3. The summed E-state index contributed by atoms with van der Waals surface area (Å²) in [5, 5.41) is 3.37. The van der Waals surface area contributed by atoms with Crippen molar-refractivity contribution in [2.75, 3.05) is 7.05 Å². The Kier molecular flexibility index (Phi) is 4.90. The first-order valence-corrected chi connectivity index (χ1v) is 6.08. The Morgan fingerprint density at radius 2 is 1.65 bits per heavy atom. The Balaban J connectivity index is 3.16. The Labute approximate surface area is 106 Å².